The minimum Gasteiger partial charge on any atom is -0.460 e. The number of rotatable bonds is 3. The van der Waals surface area contributed by atoms with Crippen LogP contribution in [0.5, 0.6) is 0 Å². The molecule has 1 heterocycles. The van der Waals surface area contributed by atoms with Gasteiger partial charge in [-0.25, -0.2) is 0 Å². The van der Waals surface area contributed by atoms with E-state index in [1.165, 1.54) is 0 Å². The predicted molar refractivity (Wildman–Crippen MR) is 63.7 cm³/mol. The molecular formula is C12H14ClNO3. The zero-order valence-electron chi connectivity index (χ0n) is 9.23. The molecule has 2 rings (SSSR count). The van der Waals surface area contributed by atoms with Gasteiger partial charge in [0.25, 0.3) is 0 Å². The number of nitrogens with one attached hydrogen (secondary N) is 1. The van der Waals surface area contributed by atoms with E-state index in [1.54, 1.807) is 6.07 Å². The second kappa shape index (κ2) is 5.49. The van der Waals surface area contributed by atoms with E-state index in [2.05, 4.69) is 5.32 Å². The lowest BCUT2D eigenvalue weighted by Gasteiger charge is -2.10. The van der Waals surface area contributed by atoms with Crippen LogP contribution >= 0.6 is 11.6 Å². The van der Waals surface area contributed by atoms with E-state index in [1.807, 2.05) is 18.2 Å². The molecule has 1 aliphatic heterocycles. The minimum absolute atomic E-state index is 0.160. The first-order valence-electron chi connectivity index (χ1n) is 5.48. The molecule has 0 spiro atoms. The number of halogens is 1. The molecule has 2 atom stereocenters. The van der Waals surface area contributed by atoms with Gasteiger partial charge in [0.1, 0.15) is 12.6 Å². The Balaban J connectivity index is 1.86. The van der Waals surface area contributed by atoms with E-state index in [9.17, 15) is 9.90 Å². The van der Waals surface area contributed by atoms with Gasteiger partial charge in [0.15, 0.2) is 0 Å². The molecule has 0 radical (unpaired) electrons. The maximum atomic E-state index is 11.6. The summed E-state index contributed by atoms with van der Waals surface area (Å²) in [7, 11) is 0. The van der Waals surface area contributed by atoms with Crippen molar-refractivity contribution in [2.45, 2.75) is 25.2 Å². The van der Waals surface area contributed by atoms with Crippen molar-refractivity contribution >= 4 is 17.6 Å². The molecule has 1 aliphatic rings. The lowest BCUT2D eigenvalue weighted by molar-refractivity contribution is -0.147. The lowest BCUT2D eigenvalue weighted by atomic mass is 10.2. The SMILES string of the molecule is O=C(OCc1ccccc1Cl)[C@@H]1C[C@H](O)CN1. The zero-order chi connectivity index (χ0) is 12.3. The number of benzene rings is 1. The Bertz CT molecular complexity index is 410. The predicted octanol–water partition coefficient (Wildman–Crippen LogP) is 1.11. The normalized spacial score (nSPS) is 23.6. The maximum Gasteiger partial charge on any atom is 0.323 e. The highest BCUT2D eigenvalue weighted by molar-refractivity contribution is 6.31. The summed E-state index contributed by atoms with van der Waals surface area (Å²) in [6.45, 7) is 0.596. The van der Waals surface area contributed by atoms with Crippen molar-refractivity contribution in [2.24, 2.45) is 0 Å². The largest absolute Gasteiger partial charge is 0.460 e. The highest BCUT2D eigenvalue weighted by atomic mass is 35.5. The Kier molecular flexibility index (Phi) is 3.99. The van der Waals surface area contributed by atoms with E-state index in [0.29, 0.717) is 18.0 Å². The van der Waals surface area contributed by atoms with Crippen LogP contribution in [-0.4, -0.2) is 29.8 Å². The Morgan fingerprint density at radius 3 is 2.94 bits per heavy atom. The fraction of sp³-hybridized carbons (Fsp3) is 0.417. The average molecular weight is 256 g/mol. The number of esters is 1. The second-order valence-corrected chi connectivity index (χ2v) is 4.46. The summed E-state index contributed by atoms with van der Waals surface area (Å²) in [5.74, 6) is -0.346. The maximum absolute atomic E-state index is 11.6. The van der Waals surface area contributed by atoms with Crippen LogP contribution in [0, 0.1) is 0 Å². The second-order valence-electron chi connectivity index (χ2n) is 4.05. The van der Waals surface area contributed by atoms with E-state index in [0.717, 1.165) is 5.56 Å². The first-order chi connectivity index (χ1) is 8.16. The van der Waals surface area contributed by atoms with Gasteiger partial charge in [0, 0.05) is 23.6 Å². The quantitative estimate of drug-likeness (QED) is 0.795. The highest BCUT2D eigenvalue weighted by Gasteiger charge is 2.29. The molecule has 1 fully saturated rings. The van der Waals surface area contributed by atoms with Gasteiger partial charge in [0.05, 0.1) is 6.10 Å². The van der Waals surface area contributed by atoms with Gasteiger partial charge in [-0.3, -0.25) is 4.79 Å². The Hall–Kier alpha value is -1.10. The molecule has 1 aromatic rings. The molecule has 5 heteroatoms. The number of hydrogen-bond donors (Lipinski definition) is 2. The molecule has 0 aliphatic carbocycles. The molecule has 0 aromatic heterocycles. The number of β-amino-alcohol motifs (C(OH)–C–C–N with tert-alkyl or cyclic N) is 1. The van der Waals surface area contributed by atoms with Crippen LogP contribution < -0.4 is 5.32 Å². The van der Waals surface area contributed by atoms with Crippen LogP contribution in [0.3, 0.4) is 0 Å². The van der Waals surface area contributed by atoms with Crippen molar-refractivity contribution in [3.63, 3.8) is 0 Å². The third-order valence-electron chi connectivity index (χ3n) is 2.72. The van der Waals surface area contributed by atoms with Gasteiger partial charge in [-0.15, -0.1) is 0 Å². The summed E-state index contributed by atoms with van der Waals surface area (Å²) in [6, 6.07) is 6.82. The van der Waals surface area contributed by atoms with Gasteiger partial charge in [-0.05, 0) is 6.07 Å². The summed E-state index contributed by atoms with van der Waals surface area (Å²) in [5, 5.41) is 12.8. The van der Waals surface area contributed by atoms with Crippen LogP contribution in [0.1, 0.15) is 12.0 Å². The molecule has 92 valence electrons. The third kappa shape index (κ3) is 3.19. The van der Waals surface area contributed by atoms with Gasteiger partial charge in [0.2, 0.25) is 0 Å². The van der Waals surface area contributed by atoms with Crippen molar-refractivity contribution in [3.8, 4) is 0 Å². The summed E-state index contributed by atoms with van der Waals surface area (Å²) in [6.07, 6.45) is -0.0608. The Morgan fingerprint density at radius 1 is 1.53 bits per heavy atom. The summed E-state index contributed by atoms with van der Waals surface area (Å²) in [4.78, 5) is 11.6. The fourth-order valence-corrected chi connectivity index (χ4v) is 1.95. The monoisotopic (exact) mass is 255 g/mol. The Morgan fingerprint density at radius 2 is 2.29 bits per heavy atom. The minimum atomic E-state index is -0.465. The van der Waals surface area contributed by atoms with Crippen LogP contribution in [0.2, 0.25) is 5.02 Å². The number of aliphatic hydroxyl groups is 1. The summed E-state index contributed by atoms with van der Waals surface area (Å²) in [5.41, 5.74) is 0.779. The van der Waals surface area contributed by atoms with Crippen LogP contribution in [0.4, 0.5) is 0 Å². The standard InChI is InChI=1S/C12H14ClNO3/c13-10-4-2-1-3-8(10)7-17-12(16)11-5-9(15)6-14-11/h1-4,9,11,14-15H,5-7H2/t9-,11-/m0/s1. The van der Waals surface area contributed by atoms with Crippen LogP contribution in [0.15, 0.2) is 24.3 Å². The van der Waals surface area contributed by atoms with Crippen LogP contribution in [-0.2, 0) is 16.1 Å². The van der Waals surface area contributed by atoms with Crippen molar-refractivity contribution < 1.29 is 14.6 Å². The van der Waals surface area contributed by atoms with Gasteiger partial charge in [-0.2, -0.15) is 0 Å². The molecule has 1 aromatic carbocycles. The van der Waals surface area contributed by atoms with E-state index < -0.39 is 12.1 Å². The average Bonchev–Trinajstić information content (AvgIpc) is 2.74. The molecule has 0 saturated carbocycles. The first-order valence-corrected chi connectivity index (χ1v) is 5.86. The molecule has 1 saturated heterocycles. The topological polar surface area (TPSA) is 58.6 Å². The van der Waals surface area contributed by atoms with Crippen molar-refractivity contribution in [1.82, 2.24) is 5.32 Å². The molecule has 0 amide bonds. The van der Waals surface area contributed by atoms with E-state index >= 15 is 0 Å². The summed E-state index contributed by atoms with van der Waals surface area (Å²) >= 11 is 5.94. The molecule has 2 N–H and O–H groups in total. The number of aliphatic hydroxyl groups excluding tert-OH is 1. The van der Waals surface area contributed by atoms with E-state index in [-0.39, 0.29) is 12.6 Å². The lowest BCUT2D eigenvalue weighted by Crippen LogP contribution is -2.32. The summed E-state index contributed by atoms with van der Waals surface area (Å²) < 4.78 is 5.14. The van der Waals surface area contributed by atoms with Crippen molar-refractivity contribution in [2.75, 3.05) is 6.54 Å². The molecule has 0 bridgehead atoms. The first kappa shape index (κ1) is 12.4. The third-order valence-corrected chi connectivity index (χ3v) is 3.09. The Labute approximate surface area is 105 Å². The van der Waals surface area contributed by atoms with E-state index in [4.69, 9.17) is 16.3 Å². The smallest absolute Gasteiger partial charge is 0.323 e. The molecule has 0 unspecified atom stereocenters. The van der Waals surface area contributed by atoms with Crippen molar-refractivity contribution in [3.05, 3.63) is 34.9 Å². The molecular weight excluding hydrogens is 242 g/mol. The van der Waals surface area contributed by atoms with Crippen LogP contribution in [0.25, 0.3) is 0 Å². The number of ether oxygens (including phenoxy) is 1. The molecule has 4 nitrogen and oxygen atoms in total. The zero-order valence-corrected chi connectivity index (χ0v) is 9.98. The fourth-order valence-electron chi connectivity index (χ4n) is 1.76. The van der Waals surface area contributed by atoms with Gasteiger partial charge in [-0.1, -0.05) is 29.8 Å². The number of carbonyl (C=O) groups is 1. The highest BCUT2D eigenvalue weighted by Crippen LogP contribution is 2.16. The number of carbonyl (C=O) groups excluding carboxylic acids is 1. The molecule has 17 heavy (non-hydrogen) atoms. The number of hydrogen-bond acceptors (Lipinski definition) is 4. The van der Waals surface area contributed by atoms with Crippen molar-refractivity contribution in [1.29, 1.82) is 0 Å². The van der Waals surface area contributed by atoms with Gasteiger partial charge >= 0.3 is 5.97 Å². The van der Waals surface area contributed by atoms with Gasteiger partial charge < -0.3 is 15.2 Å².